The molecule has 1 heterocycles. The molecule has 1 aromatic carbocycles. The van der Waals surface area contributed by atoms with Crippen molar-refractivity contribution >= 4 is 46.4 Å². The third kappa shape index (κ3) is 3.82. The number of nitrogens with zero attached hydrogens (tertiary/aromatic N) is 3. The van der Waals surface area contributed by atoms with Crippen LogP contribution in [0.4, 0.5) is 5.69 Å². The summed E-state index contributed by atoms with van der Waals surface area (Å²) >= 11 is 12.8. The van der Waals surface area contributed by atoms with Crippen LogP contribution in [-0.4, -0.2) is 34.1 Å². The van der Waals surface area contributed by atoms with Gasteiger partial charge in [0.2, 0.25) is 0 Å². The van der Waals surface area contributed by atoms with Gasteiger partial charge in [-0.15, -0.1) is 0 Å². The lowest BCUT2D eigenvalue weighted by molar-refractivity contribution is 0.633. The van der Waals surface area contributed by atoms with Crippen LogP contribution in [0.25, 0.3) is 0 Å². The van der Waals surface area contributed by atoms with Crippen molar-refractivity contribution in [3.8, 4) is 0 Å². The molecule has 2 rings (SSSR count). The van der Waals surface area contributed by atoms with Gasteiger partial charge >= 0.3 is 0 Å². The van der Waals surface area contributed by atoms with Gasteiger partial charge in [-0.2, -0.15) is 0 Å². The molecule has 0 amide bonds. The summed E-state index contributed by atoms with van der Waals surface area (Å²) in [4.78, 5) is 10.9. The lowest BCUT2D eigenvalue weighted by Crippen LogP contribution is -2.27. The van der Waals surface area contributed by atoms with Crippen LogP contribution in [0.2, 0.25) is 5.02 Å². The van der Waals surface area contributed by atoms with Crippen molar-refractivity contribution in [1.29, 1.82) is 0 Å². The van der Waals surface area contributed by atoms with Crippen LogP contribution in [0.1, 0.15) is 0 Å². The van der Waals surface area contributed by atoms with Gasteiger partial charge in [-0.05, 0) is 24.4 Å². The number of nitrogens with one attached hydrogen (secondary N) is 1. The highest BCUT2D eigenvalue weighted by Crippen LogP contribution is 2.35. The first-order valence-corrected chi connectivity index (χ1v) is 7.39. The van der Waals surface area contributed by atoms with Gasteiger partial charge in [0.25, 0.3) is 0 Å². The van der Waals surface area contributed by atoms with E-state index in [9.17, 15) is 0 Å². The number of aromatic nitrogens is 2. The number of rotatable bonds is 3. The lowest BCUT2D eigenvalue weighted by Gasteiger charge is -2.17. The number of anilines is 1. The van der Waals surface area contributed by atoms with Crippen LogP contribution in [0.15, 0.2) is 46.7 Å². The van der Waals surface area contributed by atoms with E-state index in [1.165, 1.54) is 18.1 Å². The van der Waals surface area contributed by atoms with E-state index in [2.05, 4.69) is 15.3 Å². The molecule has 0 saturated carbocycles. The lowest BCUT2D eigenvalue weighted by atomic mass is 10.3. The monoisotopic (exact) mass is 324 g/mol. The molecule has 0 fully saturated rings. The van der Waals surface area contributed by atoms with Crippen LogP contribution >= 0.6 is 35.6 Å². The zero-order valence-corrected chi connectivity index (χ0v) is 13.4. The maximum absolute atomic E-state index is 6.08. The van der Waals surface area contributed by atoms with Crippen molar-refractivity contribution in [3.05, 3.63) is 41.8 Å². The summed E-state index contributed by atoms with van der Waals surface area (Å²) in [5.74, 6) is 0. The second-order valence-corrected chi connectivity index (χ2v) is 5.92. The molecule has 1 aromatic heterocycles. The number of hydrogen-bond acceptors (Lipinski definition) is 4. The van der Waals surface area contributed by atoms with E-state index in [1.807, 2.05) is 43.3 Å². The Hall–Kier alpha value is -1.37. The first-order valence-electron chi connectivity index (χ1n) is 5.78. The van der Waals surface area contributed by atoms with Gasteiger partial charge in [0.15, 0.2) is 5.11 Å². The molecular weight excluding hydrogens is 312 g/mol. The first-order chi connectivity index (χ1) is 9.58. The largest absolute Gasteiger partial charge is 0.355 e. The fourth-order valence-corrected chi connectivity index (χ4v) is 2.53. The Balaban J connectivity index is 2.24. The normalized spacial score (nSPS) is 10.2. The molecular formula is C13H13ClN4S2. The van der Waals surface area contributed by atoms with Gasteiger partial charge in [-0.1, -0.05) is 35.5 Å². The fraction of sp³-hybridized carbons (Fsp3) is 0.154. The van der Waals surface area contributed by atoms with Gasteiger partial charge in [0.1, 0.15) is 11.4 Å². The fourth-order valence-electron chi connectivity index (χ4n) is 1.37. The Kier molecular flexibility index (Phi) is 5.17. The number of halogens is 1. The van der Waals surface area contributed by atoms with E-state index in [1.54, 1.807) is 6.20 Å². The molecule has 0 unspecified atom stereocenters. The standard InChI is InChI=1S/C13H13ClN4S2/c1-18(2)13(19)17-10-5-3-4-6-11(10)20-12-9(14)7-15-8-16-12/h3-8H,1-2H3,(H,17,19). The summed E-state index contributed by atoms with van der Waals surface area (Å²) in [7, 11) is 3.79. The number of para-hydroxylation sites is 1. The highest BCUT2D eigenvalue weighted by molar-refractivity contribution is 7.99. The van der Waals surface area contributed by atoms with Crippen molar-refractivity contribution in [1.82, 2.24) is 14.9 Å². The van der Waals surface area contributed by atoms with Crippen molar-refractivity contribution in [2.45, 2.75) is 9.92 Å². The third-order valence-electron chi connectivity index (χ3n) is 2.38. The summed E-state index contributed by atoms with van der Waals surface area (Å²) < 4.78 is 0. The van der Waals surface area contributed by atoms with Crippen LogP contribution in [0.3, 0.4) is 0 Å². The van der Waals surface area contributed by atoms with E-state index >= 15 is 0 Å². The molecule has 0 radical (unpaired) electrons. The molecule has 104 valence electrons. The van der Waals surface area contributed by atoms with E-state index in [4.69, 9.17) is 23.8 Å². The first kappa shape index (κ1) is 15.0. The minimum absolute atomic E-state index is 0.530. The summed E-state index contributed by atoms with van der Waals surface area (Å²) in [5, 5.41) is 5.09. The Labute approximate surface area is 132 Å². The van der Waals surface area contributed by atoms with Gasteiger partial charge in [0.05, 0.1) is 16.9 Å². The van der Waals surface area contributed by atoms with E-state index < -0.39 is 0 Å². The van der Waals surface area contributed by atoms with Crippen molar-refractivity contribution in [2.24, 2.45) is 0 Å². The van der Waals surface area contributed by atoms with Crippen LogP contribution in [0.5, 0.6) is 0 Å². The van der Waals surface area contributed by atoms with E-state index in [0.29, 0.717) is 15.2 Å². The average molecular weight is 325 g/mol. The minimum Gasteiger partial charge on any atom is -0.355 e. The second-order valence-electron chi connectivity index (χ2n) is 4.10. The molecule has 1 N–H and O–H groups in total. The second kappa shape index (κ2) is 6.88. The maximum atomic E-state index is 6.08. The summed E-state index contributed by atoms with van der Waals surface area (Å²) in [6.45, 7) is 0. The topological polar surface area (TPSA) is 41.0 Å². The highest BCUT2D eigenvalue weighted by Gasteiger charge is 2.09. The Morgan fingerprint density at radius 3 is 2.80 bits per heavy atom. The number of hydrogen-bond donors (Lipinski definition) is 1. The van der Waals surface area contributed by atoms with Crippen LogP contribution in [-0.2, 0) is 0 Å². The zero-order valence-electron chi connectivity index (χ0n) is 11.0. The maximum Gasteiger partial charge on any atom is 0.172 e. The number of thiocarbonyl (C=S) groups is 1. The van der Waals surface area contributed by atoms with E-state index in [0.717, 1.165) is 10.6 Å². The molecule has 0 aliphatic heterocycles. The number of benzene rings is 1. The zero-order chi connectivity index (χ0) is 14.5. The molecule has 0 spiro atoms. The van der Waals surface area contributed by atoms with Crippen molar-refractivity contribution in [3.63, 3.8) is 0 Å². The molecule has 4 nitrogen and oxygen atoms in total. The quantitative estimate of drug-likeness (QED) is 0.688. The summed E-state index contributed by atoms with van der Waals surface area (Å²) in [5.41, 5.74) is 0.922. The van der Waals surface area contributed by atoms with Gasteiger partial charge in [-0.25, -0.2) is 9.97 Å². The molecule has 0 atom stereocenters. The van der Waals surface area contributed by atoms with Gasteiger partial charge in [-0.3, -0.25) is 0 Å². The Morgan fingerprint density at radius 2 is 2.10 bits per heavy atom. The minimum atomic E-state index is 0.530. The van der Waals surface area contributed by atoms with Gasteiger partial charge < -0.3 is 10.2 Å². The Morgan fingerprint density at radius 1 is 1.35 bits per heavy atom. The van der Waals surface area contributed by atoms with Crippen molar-refractivity contribution < 1.29 is 0 Å². The predicted octanol–water partition coefficient (Wildman–Crippen LogP) is 3.54. The van der Waals surface area contributed by atoms with Crippen LogP contribution < -0.4 is 5.32 Å². The molecule has 0 aliphatic rings. The predicted molar refractivity (Wildman–Crippen MR) is 87.5 cm³/mol. The highest BCUT2D eigenvalue weighted by atomic mass is 35.5. The molecule has 0 aliphatic carbocycles. The summed E-state index contributed by atoms with van der Waals surface area (Å²) in [6.07, 6.45) is 3.06. The molecule has 0 bridgehead atoms. The van der Waals surface area contributed by atoms with Crippen molar-refractivity contribution in [2.75, 3.05) is 19.4 Å². The van der Waals surface area contributed by atoms with Crippen LogP contribution in [0, 0.1) is 0 Å². The third-order valence-corrected chi connectivity index (χ3v) is 4.33. The molecule has 20 heavy (non-hydrogen) atoms. The molecule has 7 heteroatoms. The average Bonchev–Trinajstić information content (AvgIpc) is 2.43. The van der Waals surface area contributed by atoms with E-state index in [-0.39, 0.29) is 0 Å². The Bertz CT molecular complexity index is 619. The molecule has 2 aromatic rings. The molecule has 0 saturated heterocycles. The smallest absolute Gasteiger partial charge is 0.172 e. The summed E-state index contributed by atoms with van der Waals surface area (Å²) in [6, 6.07) is 7.87. The van der Waals surface area contributed by atoms with Gasteiger partial charge in [0, 0.05) is 19.0 Å². The SMILES string of the molecule is CN(C)C(=S)Nc1ccccc1Sc1ncncc1Cl.